The highest BCUT2D eigenvalue weighted by Gasteiger charge is 2.19. The Balaban J connectivity index is 2.76. The first kappa shape index (κ1) is 12.2. The molecule has 4 heteroatoms. The highest BCUT2D eigenvalue weighted by molar-refractivity contribution is 9.10. The predicted molar refractivity (Wildman–Crippen MR) is 60.3 cm³/mol. The van der Waals surface area contributed by atoms with Gasteiger partial charge in [-0.1, -0.05) is 28.1 Å². The lowest BCUT2D eigenvalue weighted by atomic mass is 10.1. The molecule has 0 saturated carbocycles. The second-order valence-electron chi connectivity index (χ2n) is 3.44. The Labute approximate surface area is 97.2 Å². The molecule has 0 aliphatic rings. The summed E-state index contributed by atoms with van der Waals surface area (Å²) in [4.78, 5) is 11.4. The summed E-state index contributed by atoms with van der Waals surface area (Å²) in [5.41, 5.74) is 0.523. The van der Waals surface area contributed by atoms with E-state index < -0.39 is 12.1 Å². The summed E-state index contributed by atoms with van der Waals surface area (Å²) in [7, 11) is 0. The molecular weight excluding hydrogens is 260 g/mol. The van der Waals surface area contributed by atoms with E-state index in [0.717, 1.165) is 4.47 Å². The van der Waals surface area contributed by atoms with Crippen LogP contribution in [0.5, 0.6) is 0 Å². The van der Waals surface area contributed by atoms with Crippen molar-refractivity contribution in [2.24, 2.45) is 0 Å². The van der Waals surface area contributed by atoms with Gasteiger partial charge in [0, 0.05) is 4.47 Å². The molecule has 0 aliphatic carbocycles. The van der Waals surface area contributed by atoms with Crippen LogP contribution in [0.25, 0.3) is 0 Å². The van der Waals surface area contributed by atoms with Crippen LogP contribution in [-0.4, -0.2) is 17.2 Å². The van der Waals surface area contributed by atoms with Crippen LogP contribution < -0.4 is 0 Å². The molecule has 0 radical (unpaired) electrons. The summed E-state index contributed by atoms with van der Waals surface area (Å²) in [5.74, 6) is -0.622. The molecule has 3 nitrogen and oxygen atoms in total. The van der Waals surface area contributed by atoms with E-state index in [1.54, 1.807) is 32.0 Å². The number of hydrogen-bond donors (Lipinski definition) is 1. The van der Waals surface area contributed by atoms with E-state index in [1.165, 1.54) is 0 Å². The Morgan fingerprint density at radius 2 is 2.13 bits per heavy atom. The lowest BCUT2D eigenvalue weighted by Gasteiger charge is -2.13. The number of benzene rings is 1. The van der Waals surface area contributed by atoms with Crippen molar-refractivity contribution < 1.29 is 14.6 Å². The standard InChI is InChI=1S/C11H13BrO3/c1-7(2)15-11(14)10(13)8-4-3-5-9(12)6-8/h3-7,10,13H,1-2H3. The first-order chi connectivity index (χ1) is 7.00. The number of esters is 1. The number of carbonyl (C=O) groups is 1. The molecule has 1 rings (SSSR count). The number of aliphatic hydroxyl groups is 1. The van der Waals surface area contributed by atoms with E-state index in [0.29, 0.717) is 5.56 Å². The van der Waals surface area contributed by atoms with Gasteiger partial charge in [0.2, 0.25) is 0 Å². The fraction of sp³-hybridized carbons (Fsp3) is 0.364. The summed E-state index contributed by atoms with van der Waals surface area (Å²) in [6.07, 6.45) is -1.44. The first-order valence-electron chi connectivity index (χ1n) is 4.64. The maximum Gasteiger partial charge on any atom is 0.339 e. The Morgan fingerprint density at radius 1 is 1.47 bits per heavy atom. The van der Waals surface area contributed by atoms with Gasteiger partial charge in [-0.05, 0) is 31.5 Å². The average molecular weight is 273 g/mol. The fourth-order valence-corrected chi connectivity index (χ4v) is 1.53. The van der Waals surface area contributed by atoms with Gasteiger partial charge >= 0.3 is 5.97 Å². The van der Waals surface area contributed by atoms with Gasteiger partial charge in [-0.15, -0.1) is 0 Å². The first-order valence-corrected chi connectivity index (χ1v) is 5.44. The third-order valence-electron chi connectivity index (χ3n) is 1.74. The van der Waals surface area contributed by atoms with Crippen molar-refractivity contribution >= 4 is 21.9 Å². The van der Waals surface area contributed by atoms with Crippen LogP contribution in [0.1, 0.15) is 25.5 Å². The fourth-order valence-electron chi connectivity index (χ4n) is 1.11. The smallest absolute Gasteiger partial charge is 0.339 e. The molecule has 1 atom stereocenters. The molecule has 0 heterocycles. The van der Waals surface area contributed by atoms with Crippen molar-refractivity contribution in [1.29, 1.82) is 0 Å². The van der Waals surface area contributed by atoms with Crippen LogP contribution in [-0.2, 0) is 9.53 Å². The van der Waals surface area contributed by atoms with Crippen molar-refractivity contribution in [2.45, 2.75) is 26.1 Å². The van der Waals surface area contributed by atoms with Gasteiger partial charge in [0.25, 0.3) is 0 Å². The maximum absolute atomic E-state index is 11.4. The molecule has 0 amide bonds. The summed E-state index contributed by atoms with van der Waals surface area (Å²) < 4.78 is 5.72. The quantitative estimate of drug-likeness (QED) is 0.860. The Kier molecular flexibility index (Phi) is 4.29. The van der Waals surface area contributed by atoms with Crippen molar-refractivity contribution in [3.05, 3.63) is 34.3 Å². The molecule has 15 heavy (non-hydrogen) atoms. The van der Waals surface area contributed by atoms with Gasteiger partial charge in [-0.2, -0.15) is 0 Å². The largest absolute Gasteiger partial charge is 0.461 e. The van der Waals surface area contributed by atoms with Crippen molar-refractivity contribution in [2.75, 3.05) is 0 Å². The number of halogens is 1. The van der Waals surface area contributed by atoms with E-state index in [9.17, 15) is 9.90 Å². The van der Waals surface area contributed by atoms with Crippen LogP contribution in [0.2, 0.25) is 0 Å². The topological polar surface area (TPSA) is 46.5 Å². The van der Waals surface area contributed by atoms with Crippen LogP contribution in [0.3, 0.4) is 0 Å². The van der Waals surface area contributed by atoms with Crippen molar-refractivity contribution in [1.82, 2.24) is 0 Å². The zero-order valence-corrected chi connectivity index (χ0v) is 10.2. The van der Waals surface area contributed by atoms with Gasteiger partial charge in [0.05, 0.1) is 6.10 Å². The number of rotatable bonds is 3. The molecule has 1 unspecified atom stereocenters. The monoisotopic (exact) mass is 272 g/mol. The van der Waals surface area contributed by atoms with Gasteiger partial charge in [0.15, 0.2) is 6.10 Å². The molecule has 0 spiro atoms. The van der Waals surface area contributed by atoms with Gasteiger partial charge in [-0.3, -0.25) is 0 Å². The number of aliphatic hydroxyl groups excluding tert-OH is 1. The second kappa shape index (κ2) is 5.28. The maximum atomic E-state index is 11.4. The highest BCUT2D eigenvalue weighted by atomic mass is 79.9. The van der Waals surface area contributed by atoms with Gasteiger partial charge < -0.3 is 9.84 Å². The third kappa shape index (κ3) is 3.64. The molecule has 82 valence electrons. The van der Waals surface area contributed by atoms with E-state index in [-0.39, 0.29) is 6.10 Å². The SMILES string of the molecule is CC(C)OC(=O)C(O)c1cccc(Br)c1. The van der Waals surface area contributed by atoms with Gasteiger partial charge in [-0.25, -0.2) is 4.79 Å². The number of carbonyl (C=O) groups excluding carboxylic acids is 1. The second-order valence-corrected chi connectivity index (χ2v) is 4.36. The molecular formula is C11H13BrO3. The molecule has 0 saturated heterocycles. The molecule has 0 bridgehead atoms. The highest BCUT2D eigenvalue weighted by Crippen LogP contribution is 2.19. The van der Waals surface area contributed by atoms with Crippen LogP contribution in [0.15, 0.2) is 28.7 Å². The van der Waals surface area contributed by atoms with E-state index >= 15 is 0 Å². The third-order valence-corrected chi connectivity index (χ3v) is 2.23. The van der Waals surface area contributed by atoms with Crippen molar-refractivity contribution in [3.63, 3.8) is 0 Å². The minimum absolute atomic E-state index is 0.223. The van der Waals surface area contributed by atoms with Crippen molar-refractivity contribution in [3.8, 4) is 0 Å². The van der Waals surface area contributed by atoms with E-state index in [4.69, 9.17) is 4.74 Å². The normalized spacial score (nSPS) is 12.6. The lowest BCUT2D eigenvalue weighted by molar-refractivity contribution is -0.157. The molecule has 0 fully saturated rings. The molecule has 0 aliphatic heterocycles. The summed E-state index contributed by atoms with van der Waals surface area (Å²) in [6.45, 7) is 3.48. The molecule has 1 N–H and O–H groups in total. The molecule has 1 aromatic rings. The Hall–Kier alpha value is -0.870. The molecule has 0 aromatic heterocycles. The molecule has 1 aromatic carbocycles. The van der Waals surface area contributed by atoms with Gasteiger partial charge in [0.1, 0.15) is 0 Å². The lowest BCUT2D eigenvalue weighted by Crippen LogP contribution is -2.19. The van der Waals surface area contributed by atoms with Crippen LogP contribution >= 0.6 is 15.9 Å². The minimum Gasteiger partial charge on any atom is -0.461 e. The summed E-state index contributed by atoms with van der Waals surface area (Å²) in [6, 6.07) is 6.94. The zero-order chi connectivity index (χ0) is 11.4. The number of ether oxygens (including phenoxy) is 1. The Bertz CT molecular complexity index is 349. The zero-order valence-electron chi connectivity index (χ0n) is 8.61. The van der Waals surface area contributed by atoms with E-state index in [2.05, 4.69) is 15.9 Å². The average Bonchev–Trinajstić information content (AvgIpc) is 2.15. The van der Waals surface area contributed by atoms with E-state index in [1.807, 2.05) is 6.07 Å². The minimum atomic E-state index is -1.22. The van der Waals surface area contributed by atoms with Crippen LogP contribution in [0, 0.1) is 0 Å². The van der Waals surface area contributed by atoms with Crippen LogP contribution in [0.4, 0.5) is 0 Å². The Morgan fingerprint density at radius 3 is 2.67 bits per heavy atom. The summed E-state index contributed by atoms with van der Waals surface area (Å²) in [5, 5.41) is 9.67. The summed E-state index contributed by atoms with van der Waals surface area (Å²) >= 11 is 3.27. The predicted octanol–water partition coefficient (Wildman–Crippen LogP) is 2.43. The number of hydrogen-bond acceptors (Lipinski definition) is 3.